The lowest BCUT2D eigenvalue weighted by Gasteiger charge is -2.09. The van der Waals surface area contributed by atoms with Crippen LogP contribution in [0.2, 0.25) is 0 Å². The number of anilines is 1. The fourth-order valence-electron chi connectivity index (χ4n) is 1.66. The second-order valence-corrected chi connectivity index (χ2v) is 3.65. The lowest BCUT2D eigenvalue weighted by molar-refractivity contribution is -0.384. The van der Waals surface area contributed by atoms with E-state index in [1.807, 2.05) is 6.92 Å². The Morgan fingerprint density at radius 2 is 2.16 bits per heavy atom. The third-order valence-electron chi connectivity index (χ3n) is 2.43. The molecule has 2 N–H and O–H groups in total. The summed E-state index contributed by atoms with van der Waals surface area (Å²) >= 11 is 0. The second kappa shape index (κ2) is 5.30. The van der Waals surface area contributed by atoms with Gasteiger partial charge in [0, 0.05) is 5.56 Å². The molecule has 0 bridgehead atoms. The monoisotopic (exact) mass is 260 g/mol. The Hall–Kier alpha value is -2.70. The maximum Gasteiger partial charge on any atom is 0.313 e. The number of ether oxygens (including phenoxy) is 1. The number of benzene rings is 1. The highest BCUT2D eigenvalue weighted by Crippen LogP contribution is 2.34. The SMILES string of the molecule is CCOc1ccccc1-c1nc(N)ncc1[N+](=O)[O-]. The predicted octanol–water partition coefficient (Wildman–Crippen LogP) is 2.03. The van der Waals surface area contributed by atoms with E-state index < -0.39 is 4.92 Å². The van der Waals surface area contributed by atoms with Gasteiger partial charge in [0.15, 0.2) is 5.69 Å². The number of rotatable bonds is 4. The molecule has 2 aromatic rings. The number of nitro groups is 1. The van der Waals surface area contributed by atoms with Crippen LogP contribution in [0.5, 0.6) is 5.75 Å². The summed E-state index contributed by atoms with van der Waals surface area (Å²) in [6.07, 6.45) is 1.10. The van der Waals surface area contributed by atoms with E-state index in [9.17, 15) is 10.1 Å². The van der Waals surface area contributed by atoms with Crippen LogP contribution in [0.1, 0.15) is 6.92 Å². The molecule has 1 aromatic carbocycles. The van der Waals surface area contributed by atoms with Gasteiger partial charge in [-0.1, -0.05) is 12.1 Å². The van der Waals surface area contributed by atoms with Gasteiger partial charge in [0.2, 0.25) is 5.95 Å². The van der Waals surface area contributed by atoms with Crippen LogP contribution in [-0.2, 0) is 0 Å². The number of para-hydroxylation sites is 1. The lowest BCUT2D eigenvalue weighted by Crippen LogP contribution is -2.02. The van der Waals surface area contributed by atoms with Gasteiger partial charge in [-0.2, -0.15) is 0 Å². The van der Waals surface area contributed by atoms with E-state index in [-0.39, 0.29) is 17.3 Å². The molecule has 0 fully saturated rings. The van der Waals surface area contributed by atoms with Gasteiger partial charge in [0.25, 0.3) is 0 Å². The summed E-state index contributed by atoms with van der Waals surface area (Å²) in [7, 11) is 0. The number of hydrogen-bond acceptors (Lipinski definition) is 6. The molecule has 0 aliphatic carbocycles. The number of aromatic nitrogens is 2. The quantitative estimate of drug-likeness (QED) is 0.666. The molecule has 0 saturated carbocycles. The van der Waals surface area contributed by atoms with Crippen LogP contribution in [-0.4, -0.2) is 21.5 Å². The Morgan fingerprint density at radius 1 is 1.42 bits per heavy atom. The zero-order valence-corrected chi connectivity index (χ0v) is 10.2. The molecule has 7 nitrogen and oxygen atoms in total. The third-order valence-corrected chi connectivity index (χ3v) is 2.43. The zero-order valence-electron chi connectivity index (χ0n) is 10.2. The highest BCUT2D eigenvalue weighted by Gasteiger charge is 2.21. The molecule has 19 heavy (non-hydrogen) atoms. The summed E-state index contributed by atoms with van der Waals surface area (Å²) in [6.45, 7) is 2.28. The largest absolute Gasteiger partial charge is 0.493 e. The van der Waals surface area contributed by atoms with Crippen LogP contribution >= 0.6 is 0 Å². The van der Waals surface area contributed by atoms with Gasteiger partial charge in [-0.3, -0.25) is 10.1 Å². The van der Waals surface area contributed by atoms with E-state index in [0.717, 1.165) is 6.20 Å². The molecule has 2 rings (SSSR count). The minimum Gasteiger partial charge on any atom is -0.493 e. The second-order valence-electron chi connectivity index (χ2n) is 3.65. The molecule has 0 aliphatic heterocycles. The third kappa shape index (κ3) is 2.59. The van der Waals surface area contributed by atoms with Gasteiger partial charge >= 0.3 is 5.69 Å². The van der Waals surface area contributed by atoms with Crippen molar-refractivity contribution in [1.29, 1.82) is 0 Å². The Bertz CT molecular complexity index is 616. The van der Waals surface area contributed by atoms with Crippen LogP contribution < -0.4 is 10.5 Å². The van der Waals surface area contributed by atoms with Crippen LogP contribution in [0, 0.1) is 10.1 Å². The van der Waals surface area contributed by atoms with Gasteiger partial charge in [-0.25, -0.2) is 9.97 Å². The van der Waals surface area contributed by atoms with Crippen molar-refractivity contribution >= 4 is 11.6 Å². The molecule has 1 aromatic heterocycles. The molecule has 0 saturated heterocycles. The molecular weight excluding hydrogens is 248 g/mol. The normalized spacial score (nSPS) is 10.2. The highest BCUT2D eigenvalue weighted by molar-refractivity contribution is 5.75. The van der Waals surface area contributed by atoms with E-state index in [2.05, 4.69) is 9.97 Å². The predicted molar refractivity (Wildman–Crippen MR) is 69.7 cm³/mol. The molecule has 0 spiro atoms. The van der Waals surface area contributed by atoms with Crippen LogP contribution in [0.3, 0.4) is 0 Å². The molecule has 7 heteroatoms. The summed E-state index contributed by atoms with van der Waals surface area (Å²) in [5.74, 6) is 0.498. The van der Waals surface area contributed by atoms with Crippen LogP contribution in [0.15, 0.2) is 30.5 Å². The number of nitrogens with zero attached hydrogens (tertiary/aromatic N) is 3. The van der Waals surface area contributed by atoms with Crippen molar-refractivity contribution in [3.63, 3.8) is 0 Å². The van der Waals surface area contributed by atoms with Crippen LogP contribution in [0.25, 0.3) is 11.3 Å². The standard InChI is InChI=1S/C12H12N4O3/c1-2-19-10-6-4-3-5-8(10)11-9(16(17)18)7-14-12(13)15-11/h3-7H,2H2,1H3,(H2,13,14,15). The number of hydrogen-bond donors (Lipinski definition) is 1. The van der Waals surface area contributed by atoms with E-state index in [1.54, 1.807) is 24.3 Å². The Morgan fingerprint density at radius 3 is 2.84 bits per heavy atom. The van der Waals surface area contributed by atoms with Crippen molar-refractivity contribution in [3.05, 3.63) is 40.6 Å². The topological polar surface area (TPSA) is 104 Å². The Balaban J connectivity index is 2.64. The van der Waals surface area contributed by atoms with E-state index in [1.165, 1.54) is 0 Å². The van der Waals surface area contributed by atoms with E-state index >= 15 is 0 Å². The average molecular weight is 260 g/mol. The first-order chi connectivity index (χ1) is 9.13. The van der Waals surface area contributed by atoms with Crippen molar-refractivity contribution in [2.45, 2.75) is 6.92 Å². The van der Waals surface area contributed by atoms with Gasteiger partial charge < -0.3 is 10.5 Å². The van der Waals surface area contributed by atoms with Gasteiger partial charge in [-0.05, 0) is 19.1 Å². The average Bonchev–Trinajstić information content (AvgIpc) is 2.39. The van der Waals surface area contributed by atoms with Crippen molar-refractivity contribution in [3.8, 4) is 17.0 Å². The molecular formula is C12H12N4O3. The van der Waals surface area contributed by atoms with E-state index in [0.29, 0.717) is 17.9 Å². The smallest absolute Gasteiger partial charge is 0.313 e. The lowest BCUT2D eigenvalue weighted by atomic mass is 10.1. The Kier molecular flexibility index (Phi) is 3.56. The minimum atomic E-state index is -0.544. The summed E-state index contributed by atoms with van der Waals surface area (Å²) < 4.78 is 5.44. The first-order valence-electron chi connectivity index (χ1n) is 5.62. The van der Waals surface area contributed by atoms with Crippen LogP contribution in [0.4, 0.5) is 11.6 Å². The highest BCUT2D eigenvalue weighted by atomic mass is 16.6. The van der Waals surface area contributed by atoms with Crippen molar-refractivity contribution in [1.82, 2.24) is 9.97 Å². The number of nitrogen functional groups attached to an aromatic ring is 1. The molecule has 98 valence electrons. The summed E-state index contributed by atoms with van der Waals surface area (Å²) in [5, 5.41) is 11.0. The molecule has 0 radical (unpaired) electrons. The molecule has 0 atom stereocenters. The summed E-state index contributed by atoms with van der Waals surface area (Å²) in [4.78, 5) is 18.1. The first kappa shape index (κ1) is 12.7. The van der Waals surface area contributed by atoms with Crippen molar-refractivity contribution in [2.75, 3.05) is 12.3 Å². The summed E-state index contributed by atoms with van der Waals surface area (Å²) in [5.41, 5.74) is 5.97. The fraction of sp³-hybridized carbons (Fsp3) is 0.167. The van der Waals surface area contributed by atoms with Gasteiger partial charge in [0.05, 0.1) is 11.5 Å². The molecule has 0 unspecified atom stereocenters. The molecule has 0 amide bonds. The number of nitrogens with two attached hydrogens (primary N) is 1. The van der Waals surface area contributed by atoms with E-state index in [4.69, 9.17) is 10.5 Å². The van der Waals surface area contributed by atoms with Gasteiger partial charge in [-0.15, -0.1) is 0 Å². The van der Waals surface area contributed by atoms with Crippen molar-refractivity contribution < 1.29 is 9.66 Å². The van der Waals surface area contributed by atoms with Crippen molar-refractivity contribution in [2.24, 2.45) is 0 Å². The first-order valence-corrected chi connectivity index (χ1v) is 5.62. The summed E-state index contributed by atoms with van der Waals surface area (Å²) in [6, 6.07) is 6.95. The fourth-order valence-corrected chi connectivity index (χ4v) is 1.66. The zero-order chi connectivity index (χ0) is 13.8. The molecule has 0 aliphatic rings. The minimum absolute atomic E-state index is 0.0214. The van der Waals surface area contributed by atoms with Gasteiger partial charge in [0.1, 0.15) is 11.9 Å². The maximum atomic E-state index is 11.0. The molecule has 1 heterocycles. The maximum absolute atomic E-state index is 11.0. The Labute approximate surface area is 109 Å².